The Morgan fingerprint density at radius 1 is 1.45 bits per heavy atom. The minimum Gasteiger partial charge on any atom is -0.395 e. The van der Waals surface area contributed by atoms with Crippen LogP contribution in [-0.4, -0.2) is 22.6 Å². The molecule has 1 heterocycles. The van der Waals surface area contributed by atoms with Crippen LogP contribution in [0.5, 0.6) is 0 Å². The quantitative estimate of drug-likeness (QED) is 0.852. The highest BCUT2D eigenvalue weighted by Crippen LogP contribution is 2.18. The standard InChI is InChI=1S/C15H14N2O2S/c1-11-10-16-15(20-11)17-14(19)13-8-3-2-6-12(13)7-4-5-9-18/h2-3,6,8,10,18H,5,9H2,1H3,(H,16,17,19). The van der Waals surface area contributed by atoms with Crippen LogP contribution in [-0.2, 0) is 0 Å². The Morgan fingerprint density at radius 3 is 2.95 bits per heavy atom. The average Bonchev–Trinajstić information content (AvgIpc) is 2.85. The van der Waals surface area contributed by atoms with Crippen LogP contribution in [0.3, 0.4) is 0 Å². The molecule has 1 aromatic carbocycles. The van der Waals surface area contributed by atoms with Crippen LogP contribution >= 0.6 is 11.3 Å². The number of nitrogens with one attached hydrogen (secondary N) is 1. The summed E-state index contributed by atoms with van der Waals surface area (Å²) in [6.07, 6.45) is 2.11. The van der Waals surface area contributed by atoms with Gasteiger partial charge in [-0.1, -0.05) is 24.0 Å². The Labute approximate surface area is 121 Å². The van der Waals surface area contributed by atoms with Gasteiger partial charge in [0.25, 0.3) is 5.91 Å². The van der Waals surface area contributed by atoms with Gasteiger partial charge in [-0.25, -0.2) is 4.98 Å². The number of hydrogen-bond donors (Lipinski definition) is 2. The molecule has 2 aromatic rings. The number of aliphatic hydroxyl groups excluding tert-OH is 1. The van der Waals surface area contributed by atoms with Gasteiger partial charge in [0.2, 0.25) is 0 Å². The Morgan fingerprint density at radius 2 is 2.25 bits per heavy atom. The third-order valence-electron chi connectivity index (χ3n) is 2.47. The molecule has 0 spiro atoms. The lowest BCUT2D eigenvalue weighted by Gasteiger charge is -2.04. The van der Waals surface area contributed by atoms with E-state index in [9.17, 15) is 4.79 Å². The van der Waals surface area contributed by atoms with Crippen molar-refractivity contribution in [2.75, 3.05) is 11.9 Å². The molecule has 0 saturated carbocycles. The molecule has 0 fully saturated rings. The van der Waals surface area contributed by atoms with Gasteiger partial charge in [-0.05, 0) is 19.1 Å². The number of aryl methyl sites for hydroxylation is 1. The summed E-state index contributed by atoms with van der Waals surface area (Å²) in [4.78, 5) is 17.4. The molecule has 0 aliphatic carbocycles. The molecule has 0 radical (unpaired) electrons. The Hall–Kier alpha value is -2.16. The zero-order valence-corrected chi connectivity index (χ0v) is 11.8. The van der Waals surface area contributed by atoms with E-state index in [4.69, 9.17) is 5.11 Å². The maximum Gasteiger partial charge on any atom is 0.258 e. The van der Waals surface area contributed by atoms with Crippen LogP contribution in [0.2, 0.25) is 0 Å². The molecule has 0 bridgehead atoms. The van der Waals surface area contributed by atoms with E-state index in [2.05, 4.69) is 22.1 Å². The van der Waals surface area contributed by atoms with Crippen molar-refractivity contribution in [3.63, 3.8) is 0 Å². The summed E-state index contributed by atoms with van der Waals surface area (Å²) in [5.74, 6) is 5.49. The molecule has 0 aliphatic heterocycles. The summed E-state index contributed by atoms with van der Waals surface area (Å²) in [5, 5.41) is 12.1. The van der Waals surface area contributed by atoms with Crippen LogP contribution in [0, 0.1) is 18.8 Å². The summed E-state index contributed by atoms with van der Waals surface area (Å²) in [6.45, 7) is 1.95. The van der Waals surface area contributed by atoms with Crippen LogP contribution in [0.15, 0.2) is 30.5 Å². The highest BCUT2D eigenvalue weighted by Gasteiger charge is 2.11. The van der Waals surface area contributed by atoms with E-state index in [1.54, 1.807) is 24.4 Å². The second kappa shape index (κ2) is 6.85. The highest BCUT2D eigenvalue weighted by atomic mass is 32.1. The first-order valence-corrected chi connectivity index (χ1v) is 6.95. The number of benzene rings is 1. The van der Waals surface area contributed by atoms with Gasteiger partial charge in [0, 0.05) is 23.1 Å². The molecule has 1 aromatic heterocycles. The molecule has 0 unspecified atom stereocenters. The van der Waals surface area contributed by atoms with E-state index in [1.165, 1.54) is 11.3 Å². The van der Waals surface area contributed by atoms with Gasteiger partial charge in [-0.2, -0.15) is 0 Å². The SMILES string of the molecule is Cc1cnc(NC(=O)c2ccccc2C#CCCO)s1. The second-order valence-electron chi connectivity index (χ2n) is 4.05. The van der Waals surface area contributed by atoms with Crippen molar-refractivity contribution in [1.29, 1.82) is 0 Å². The summed E-state index contributed by atoms with van der Waals surface area (Å²) in [7, 11) is 0. The highest BCUT2D eigenvalue weighted by molar-refractivity contribution is 7.15. The predicted molar refractivity (Wildman–Crippen MR) is 79.8 cm³/mol. The minimum atomic E-state index is -0.228. The zero-order chi connectivity index (χ0) is 14.4. The third kappa shape index (κ3) is 3.67. The molecule has 4 nitrogen and oxygen atoms in total. The number of carbonyl (C=O) groups excluding carboxylic acids is 1. The van der Waals surface area contributed by atoms with Crippen LogP contribution in [0.25, 0.3) is 0 Å². The number of amides is 1. The van der Waals surface area contributed by atoms with Crippen molar-refractivity contribution in [2.45, 2.75) is 13.3 Å². The number of rotatable bonds is 3. The molecule has 5 heteroatoms. The first kappa shape index (κ1) is 14.3. The fourth-order valence-corrected chi connectivity index (χ4v) is 2.24. The summed E-state index contributed by atoms with van der Waals surface area (Å²) in [5.41, 5.74) is 1.15. The van der Waals surface area contributed by atoms with Crippen LogP contribution in [0.4, 0.5) is 5.13 Å². The van der Waals surface area contributed by atoms with Crippen molar-refractivity contribution in [1.82, 2.24) is 4.98 Å². The summed E-state index contributed by atoms with van der Waals surface area (Å²) < 4.78 is 0. The molecule has 1 amide bonds. The average molecular weight is 286 g/mol. The number of nitrogens with zero attached hydrogens (tertiary/aromatic N) is 1. The number of aliphatic hydroxyl groups is 1. The monoisotopic (exact) mass is 286 g/mol. The number of carbonyl (C=O) groups is 1. The van der Waals surface area contributed by atoms with Gasteiger partial charge >= 0.3 is 0 Å². The topological polar surface area (TPSA) is 62.2 Å². The van der Waals surface area contributed by atoms with Crippen molar-refractivity contribution in [2.24, 2.45) is 0 Å². The maximum atomic E-state index is 12.2. The van der Waals surface area contributed by atoms with Crippen molar-refractivity contribution < 1.29 is 9.90 Å². The number of thiazole rings is 1. The molecule has 2 rings (SSSR count). The molecular weight excluding hydrogens is 272 g/mol. The van der Waals surface area contributed by atoms with E-state index in [-0.39, 0.29) is 12.5 Å². The lowest BCUT2D eigenvalue weighted by Crippen LogP contribution is -2.13. The molecule has 0 aliphatic rings. The molecular formula is C15H14N2O2S. The Balaban J connectivity index is 2.19. The van der Waals surface area contributed by atoms with Gasteiger partial charge in [0.15, 0.2) is 5.13 Å². The Kier molecular flexibility index (Phi) is 4.88. The molecule has 102 valence electrons. The van der Waals surface area contributed by atoms with Crippen LogP contribution in [0.1, 0.15) is 27.2 Å². The largest absolute Gasteiger partial charge is 0.395 e. The van der Waals surface area contributed by atoms with Gasteiger partial charge in [0.05, 0.1) is 12.2 Å². The second-order valence-corrected chi connectivity index (χ2v) is 5.29. The first-order chi connectivity index (χ1) is 9.70. The maximum absolute atomic E-state index is 12.2. The fourth-order valence-electron chi connectivity index (χ4n) is 1.58. The normalized spacial score (nSPS) is 9.70. The van der Waals surface area contributed by atoms with Crippen LogP contribution < -0.4 is 5.32 Å². The number of hydrogen-bond acceptors (Lipinski definition) is 4. The number of aromatic nitrogens is 1. The Bertz CT molecular complexity index is 668. The first-order valence-electron chi connectivity index (χ1n) is 6.13. The number of anilines is 1. The smallest absolute Gasteiger partial charge is 0.258 e. The molecule has 20 heavy (non-hydrogen) atoms. The lowest BCUT2D eigenvalue weighted by atomic mass is 10.1. The van der Waals surface area contributed by atoms with Gasteiger partial charge < -0.3 is 5.11 Å². The van der Waals surface area contributed by atoms with Gasteiger partial charge in [0.1, 0.15) is 0 Å². The van der Waals surface area contributed by atoms with Gasteiger partial charge in [-0.3, -0.25) is 10.1 Å². The van der Waals surface area contributed by atoms with E-state index in [0.29, 0.717) is 22.7 Å². The minimum absolute atomic E-state index is 0.0136. The predicted octanol–water partition coefficient (Wildman–Crippen LogP) is 2.44. The summed E-state index contributed by atoms with van der Waals surface area (Å²) in [6, 6.07) is 7.12. The van der Waals surface area contributed by atoms with Crippen molar-refractivity contribution in [3.05, 3.63) is 46.5 Å². The van der Waals surface area contributed by atoms with E-state index >= 15 is 0 Å². The van der Waals surface area contributed by atoms with Gasteiger partial charge in [-0.15, -0.1) is 11.3 Å². The third-order valence-corrected chi connectivity index (χ3v) is 3.30. The molecule has 2 N–H and O–H groups in total. The fraction of sp³-hybridized carbons (Fsp3) is 0.200. The molecule has 0 atom stereocenters. The summed E-state index contributed by atoms with van der Waals surface area (Å²) >= 11 is 1.43. The van der Waals surface area contributed by atoms with Crippen molar-refractivity contribution in [3.8, 4) is 11.8 Å². The lowest BCUT2D eigenvalue weighted by molar-refractivity contribution is 0.102. The van der Waals surface area contributed by atoms with E-state index in [0.717, 1.165) is 4.88 Å². The van der Waals surface area contributed by atoms with Crippen molar-refractivity contribution >= 4 is 22.4 Å². The molecule has 0 saturated heterocycles. The van der Waals surface area contributed by atoms with E-state index < -0.39 is 0 Å². The zero-order valence-electron chi connectivity index (χ0n) is 11.0. The van der Waals surface area contributed by atoms with E-state index in [1.807, 2.05) is 13.0 Å².